The first-order chi connectivity index (χ1) is 6.44. The maximum atomic E-state index is 3.49. The van der Waals surface area contributed by atoms with Crippen LogP contribution in [-0.2, 0) is 0 Å². The lowest BCUT2D eigenvalue weighted by Gasteiger charge is -2.04. The van der Waals surface area contributed by atoms with E-state index in [2.05, 4.69) is 44.9 Å². The quantitative estimate of drug-likeness (QED) is 0.534. The monoisotopic (exact) mass is 193 g/mol. The van der Waals surface area contributed by atoms with Gasteiger partial charge in [0.15, 0.2) is 0 Å². The molecule has 0 unspecified atom stereocenters. The van der Waals surface area contributed by atoms with Crippen LogP contribution >= 0.6 is 0 Å². The second-order valence-corrected chi connectivity index (χ2v) is 5.38. The minimum Gasteiger partial charge on any atom is -0.315 e. The van der Waals surface area contributed by atoms with Crippen LogP contribution in [0.1, 0.15) is 41.0 Å². The summed E-state index contributed by atoms with van der Waals surface area (Å²) in [5, 5.41) is 3.49. The lowest BCUT2D eigenvalue weighted by molar-refractivity contribution is 0.457. The van der Waals surface area contributed by atoms with Crippen molar-refractivity contribution in [1.29, 1.82) is 0 Å². The summed E-state index contributed by atoms with van der Waals surface area (Å²) in [5.41, 5.74) is 1.02. The zero-order valence-corrected chi connectivity index (χ0v) is 10.2. The Morgan fingerprint density at radius 3 is 2.14 bits per heavy atom. The first-order valence-corrected chi connectivity index (χ1v) is 5.55. The van der Waals surface area contributed by atoms with Crippen LogP contribution < -0.4 is 5.32 Å². The standard InChI is InChI=1S/C13H23N/c1-6-7-8-9-14-10-11-12(2,3)13(11,4)5/h11,14H,8-10H2,1-5H3. The Balaban J connectivity index is 2.18. The molecule has 1 aliphatic carbocycles. The molecule has 1 nitrogen and oxygen atoms in total. The Morgan fingerprint density at radius 1 is 1.14 bits per heavy atom. The summed E-state index contributed by atoms with van der Waals surface area (Å²) in [7, 11) is 0. The molecular formula is C13H23N. The fourth-order valence-corrected chi connectivity index (χ4v) is 2.37. The molecule has 0 aromatic rings. The molecular weight excluding hydrogens is 170 g/mol. The summed E-state index contributed by atoms with van der Waals surface area (Å²) in [6.07, 6.45) is 0.976. The number of hydrogen-bond donors (Lipinski definition) is 1. The van der Waals surface area contributed by atoms with Crippen molar-refractivity contribution < 1.29 is 0 Å². The van der Waals surface area contributed by atoms with Gasteiger partial charge in [0.25, 0.3) is 0 Å². The number of rotatable bonds is 4. The Labute approximate surface area is 88.7 Å². The van der Waals surface area contributed by atoms with Crippen molar-refractivity contribution in [2.24, 2.45) is 16.7 Å². The van der Waals surface area contributed by atoms with E-state index in [0.717, 1.165) is 25.4 Å². The van der Waals surface area contributed by atoms with Crippen LogP contribution in [0.4, 0.5) is 0 Å². The molecule has 0 spiro atoms. The van der Waals surface area contributed by atoms with Crippen LogP contribution in [-0.4, -0.2) is 13.1 Å². The Hall–Kier alpha value is -0.480. The van der Waals surface area contributed by atoms with Crippen molar-refractivity contribution in [3.63, 3.8) is 0 Å². The fourth-order valence-electron chi connectivity index (χ4n) is 2.37. The van der Waals surface area contributed by atoms with E-state index in [-0.39, 0.29) is 0 Å². The molecule has 1 fully saturated rings. The van der Waals surface area contributed by atoms with E-state index in [1.54, 1.807) is 0 Å². The molecule has 80 valence electrons. The van der Waals surface area contributed by atoms with Gasteiger partial charge in [0.2, 0.25) is 0 Å². The maximum absolute atomic E-state index is 3.49. The van der Waals surface area contributed by atoms with Crippen molar-refractivity contribution in [2.75, 3.05) is 13.1 Å². The molecule has 0 atom stereocenters. The smallest absolute Gasteiger partial charge is 0.0214 e. The van der Waals surface area contributed by atoms with Crippen LogP contribution in [0.15, 0.2) is 0 Å². The molecule has 0 aromatic heterocycles. The highest BCUT2D eigenvalue weighted by Crippen LogP contribution is 2.67. The van der Waals surface area contributed by atoms with Gasteiger partial charge in [0.1, 0.15) is 0 Å². The van der Waals surface area contributed by atoms with Crippen LogP contribution in [0.2, 0.25) is 0 Å². The molecule has 1 aliphatic rings. The van der Waals surface area contributed by atoms with Crippen molar-refractivity contribution in [2.45, 2.75) is 41.0 Å². The third kappa shape index (κ3) is 1.96. The van der Waals surface area contributed by atoms with Gasteiger partial charge in [-0.2, -0.15) is 0 Å². The van der Waals surface area contributed by atoms with Crippen molar-refractivity contribution >= 4 is 0 Å². The normalized spacial score (nSPS) is 22.6. The van der Waals surface area contributed by atoms with E-state index in [4.69, 9.17) is 0 Å². The van der Waals surface area contributed by atoms with E-state index in [9.17, 15) is 0 Å². The SMILES string of the molecule is CC#CCCNCC1C(C)(C)C1(C)C. The zero-order valence-electron chi connectivity index (χ0n) is 10.2. The average Bonchev–Trinajstić information content (AvgIpc) is 2.46. The third-order valence-electron chi connectivity index (χ3n) is 4.27. The first kappa shape index (κ1) is 11.6. The molecule has 0 amide bonds. The molecule has 0 heterocycles. The molecule has 1 N–H and O–H groups in total. The van der Waals surface area contributed by atoms with E-state index in [0.29, 0.717) is 10.8 Å². The first-order valence-electron chi connectivity index (χ1n) is 5.55. The highest BCUT2D eigenvalue weighted by molar-refractivity contribution is 5.12. The predicted octanol–water partition coefficient (Wildman–Crippen LogP) is 2.67. The van der Waals surface area contributed by atoms with E-state index in [1.807, 2.05) is 6.92 Å². The average molecular weight is 193 g/mol. The summed E-state index contributed by atoms with van der Waals surface area (Å²) >= 11 is 0. The van der Waals surface area contributed by atoms with E-state index >= 15 is 0 Å². The Morgan fingerprint density at radius 2 is 1.71 bits per heavy atom. The lowest BCUT2D eigenvalue weighted by atomic mass is 10.0. The molecule has 0 aromatic carbocycles. The molecule has 14 heavy (non-hydrogen) atoms. The van der Waals surface area contributed by atoms with Gasteiger partial charge in [-0.25, -0.2) is 0 Å². The summed E-state index contributed by atoms with van der Waals surface area (Å²) in [6.45, 7) is 13.5. The van der Waals surface area contributed by atoms with Gasteiger partial charge < -0.3 is 5.32 Å². The van der Waals surface area contributed by atoms with Gasteiger partial charge in [0.05, 0.1) is 0 Å². The van der Waals surface area contributed by atoms with Crippen LogP contribution in [0.3, 0.4) is 0 Å². The third-order valence-corrected chi connectivity index (χ3v) is 4.27. The second kappa shape index (κ2) is 3.95. The van der Waals surface area contributed by atoms with E-state index in [1.165, 1.54) is 0 Å². The number of hydrogen-bond acceptors (Lipinski definition) is 1. The lowest BCUT2D eigenvalue weighted by Crippen LogP contribution is -2.20. The van der Waals surface area contributed by atoms with Gasteiger partial charge in [-0.15, -0.1) is 11.8 Å². The van der Waals surface area contributed by atoms with Crippen molar-refractivity contribution in [3.05, 3.63) is 0 Å². The van der Waals surface area contributed by atoms with Crippen LogP contribution in [0.5, 0.6) is 0 Å². The molecule has 1 rings (SSSR count). The van der Waals surface area contributed by atoms with Gasteiger partial charge in [0, 0.05) is 13.0 Å². The highest BCUT2D eigenvalue weighted by atomic mass is 14.9. The molecule has 0 radical (unpaired) electrons. The van der Waals surface area contributed by atoms with Gasteiger partial charge in [-0.1, -0.05) is 27.7 Å². The zero-order chi connectivity index (χ0) is 10.8. The van der Waals surface area contributed by atoms with Crippen molar-refractivity contribution in [3.8, 4) is 11.8 Å². The van der Waals surface area contributed by atoms with Crippen molar-refractivity contribution in [1.82, 2.24) is 5.32 Å². The summed E-state index contributed by atoms with van der Waals surface area (Å²) < 4.78 is 0. The molecule has 0 bridgehead atoms. The second-order valence-electron chi connectivity index (χ2n) is 5.38. The summed E-state index contributed by atoms with van der Waals surface area (Å²) in [6, 6.07) is 0. The fraction of sp³-hybridized carbons (Fsp3) is 0.846. The van der Waals surface area contributed by atoms with E-state index < -0.39 is 0 Å². The predicted molar refractivity (Wildman–Crippen MR) is 62.0 cm³/mol. The van der Waals surface area contributed by atoms with Gasteiger partial charge >= 0.3 is 0 Å². The minimum atomic E-state index is 0.510. The van der Waals surface area contributed by atoms with Crippen LogP contribution in [0.25, 0.3) is 0 Å². The number of nitrogens with one attached hydrogen (secondary N) is 1. The Kier molecular flexibility index (Phi) is 3.27. The van der Waals surface area contributed by atoms with Gasteiger partial charge in [-0.05, 0) is 30.2 Å². The minimum absolute atomic E-state index is 0.510. The summed E-state index contributed by atoms with van der Waals surface area (Å²) in [4.78, 5) is 0. The Bertz CT molecular complexity index is 238. The van der Waals surface area contributed by atoms with Crippen LogP contribution in [0, 0.1) is 28.6 Å². The topological polar surface area (TPSA) is 12.0 Å². The molecule has 0 aliphatic heterocycles. The largest absolute Gasteiger partial charge is 0.315 e. The summed E-state index contributed by atoms with van der Waals surface area (Å²) in [5.74, 6) is 6.81. The maximum Gasteiger partial charge on any atom is 0.0214 e. The molecule has 1 heteroatoms. The highest BCUT2D eigenvalue weighted by Gasteiger charge is 2.63. The van der Waals surface area contributed by atoms with Gasteiger partial charge in [-0.3, -0.25) is 0 Å². The molecule has 1 saturated carbocycles. The molecule has 0 saturated heterocycles.